The van der Waals surface area contributed by atoms with E-state index in [0.29, 0.717) is 0 Å². The van der Waals surface area contributed by atoms with E-state index >= 15 is 0 Å². The molecule has 0 aliphatic carbocycles. The van der Waals surface area contributed by atoms with Crippen LogP contribution in [-0.4, -0.2) is 36.3 Å². The third-order valence-corrected chi connectivity index (χ3v) is 0. The second kappa shape index (κ2) is 10.5. The summed E-state index contributed by atoms with van der Waals surface area (Å²) in [6.45, 7) is 0. The van der Waals surface area contributed by atoms with Crippen LogP contribution >= 0.6 is 0 Å². The fourth-order valence-electron chi connectivity index (χ4n) is 0. The molecule has 0 radical (unpaired) electrons. The summed E-state index contributed by atoms with van der Waals surface area (Å²) < 4.78 is 0. The quantitative estimate of drug-likeness (QED) is 0.265. The van der Waals surface area contributed by atoms with Gasteiger partial charge in [0.05, 0.1) is 5.09 Å². The van der Waals surface area contributed by atoms with Crippen molar-refractivity contribution in [3.8, 4) is 0 Å². The van der Waals surface area contributed by atoms with Crippen molar-refractivity contribution in [3.05, 3.63) is 15.3 Å². The molecule has 0 bridgehead atoms. The van der Waals surface area contributed by atoms with E-state index in [2.05, 4.69) is 0 Å². The summed E-state index contributed by atoms with van der Waals surface area (Å²) in [6.07, 6.45) is 0. The molecule has 0 saturated heterocycles. The van der Waals surface area contributed by atoms with Gasteiger partial charge in [0.25, 0.3) is 0 Å². The Bertz CT molecular complexity index is 80.9. The van der Waals surface area contributed by atoms with Gasteiger partial charge in [-0.05, 0) is 0 Å². The Morgan fingerprint density at radius 1 is 1.18 bits per heavy atom. The Balaban J connectivity index is -0.0000000383. The molecule has 0 unspecified atom stereocenters. The molecular formula is HAgAlNO7Si. The maximum atomic E-state index is 8.69. The van der Waals surface area contributed by atoms with Crippen LogP contribution in [0.1, 0.15) is 0 Å². The molecule has 0 aromatic heterocycles. The second-order valence-corrected chi connectivity index (χ2v) is 1.80. The minimum atomic E-state index is -5.36. The molecule has 0 saturated carbocycles. The molecule has 11 heteroatoms. The van der Waals surface area contributed by atoms with E-state index in [1.54, 1.807) is 0 Å². The van der Waals surface area contributed by atoms with E-state index in [9.17, 15) is 0 Å². The van der Waals surface area contributed by atoms with E-state index in [1.165, 1.54) is 0 Å². The van der Waals surface area contributed by atoms with Crippen molar-refractivity contribution >= 4 is 26.4 Å². The Labute approximate surface area is 88.3 Å². The summed E-state index contributed by atoms with van der Waals surface area (Å²) in [6, 6.07) is 0. The van der Waals surface area contributed by atoms with Gasteiger partial charge < -0.3 is 34.5 Å². The van der Waals surface area contributed by atoms with Gasteiger partial charge in [-0.1, -0.05) is 0 Å². The molecule has 0 aliphatic heterocycles. The summed E-state index contributed by atoms with van der Waals surface area (Å²) in [5.41, 5.74) is 0. The van der Waals surface area contributed by atoms with E-state index in [1.807, 2.05) is 0 Å². The Morgan fingerprint density at radius 2 is 1.18 bits per heavy atom. The van der Waals surface area contributed by atoms with Crippen LogP contribution < -0.4 is 14.4 Å². The molecular weight excluding hydrogens is 289 g/mol. The van der Waals surface area contributed by atoms with Crippen molar-refractivity contribution in [2.75, 3.05) is 0 Å². The van der Waals surface area contributed by atoms with Crippen LogP contribution in [0.2, 0.25) is 0 Å². The van der Waals surface area contributed by atoms with Crippen molar-refractivity contribution in [2.45, 2.75) is 0 Å². The Kier molecular flexibility index (Phi) is 21.6. The van der Waals surface area contributed by atoms with Gasteiger partial charge in [-0.15, -0.1) is 9.05 Å². The summed E-state index contributed by atoms with van der Waals surface area (Å²) in [7, 11) is -5.36. The first-order valence-electron chi connectivity index (χ1n) is 1.38. The van der Waals surface area contributed by atoms with E-state index in [0.717, 1.165) is 0 Å². The molecule has 0 heterocycles. The van der Waals surface area contributed by atoms with Crippen molar-refractivity contribution in [2.24, 2.45) is 0 Å². The second-order valence-electron chi connectivity index (χ2n) is 0.747. The van der Waals surface area contributed by atoms with Crippen molar-refractivity contribution in [1.29, 1.82) is 0 Å². The molecule has 0 amide bonds. The van der Waals surface area contributed by atoms with Crippen LogP contribution in [0, 0.1) is 15.3 Å². The van der Waals surface area contributed by atoms with Crippen LogP contribution in [-0.2, 0) is 22.4 Å². The van der Waals surface area contributed by atoms with Gasteiger partial charge in [0.15, 0.2) is 0 Å². The van der Waals surface area contributed by atoms with Gasteiger partial charge in [-0.25, -0.2) is 0 Å². The average molecular weight is 290 g/mol. The molecule has 0 aromatic carbocycles. The molecule has 1 N–H and O–H groups in total. The normalized spacial score (nSPS) is 7.64. The van der Waals surface area contributed by atoms with Crippen molar-refractivity contribution in [1.82, 2.24) is 0 Å². The van der Waals surface area contributed by atoms with Crippen LogP contribution in [0.5, 0.6) is 0 Å². The first-order valence-corrected chi connectivity index (χ1v) is 3.06. The zero-order valence-corrected chi connectivity index (χ0v) is 8.36. The van der Waals surface area contributed by atoms with E-state index < -0.39 is 14.1 Å². The van der Waals surface area contributed by atoms with Crippen LogP contribution in [0.4, 0.5) is 0 Å². The molecule has 0 rings (SSSR count). The van der Waals surface area contributed by atoms with Crippen LogP contribution in [0.3, 0.4) is 0 Å². The summed E-state index contributed by atoms with van der Waals surface area (Å²) >= 11 is 0. The number of rotatable bonds is 0. The fraction of sp³-hybridized carbons (Fsp3) is 0. The van der Waals surface area contributed by atoms with Crippen LogP contribution in [0.25, 0.3) is 0 Å². The van der Waals surface area contributed by atoms with Gasteiger partial charge in [-0.2, -0.15) is 0 Å². The van der Waals surface area contributed by atoms with E-state index in [4.69, 9.17) is 34.5 Å². The molecule has 0 aromatic rings. The largest absolute Gasteiger partial charge is 3.00 e. The fourth-order valence-corrected chi connectivity index (χ4v) is 0. The molecule has 8 nitrogen and oxygen atoms in total. The maximum absolute atomic E-state index is 8.69. The predicted octanol–water partition coefficient (Wildman–Crippen LogP) is -5.13. The monoisotopic (exact) mass is 289 g/mol. The zero-order valence-electron chi connectivity index (χ0n) is 4.72. The molecule has 0 fully saturated rings. The van der Waals surface area contributed by atoms with Crippen LogP contribution in [0.15, 0.2) is 0 Å². The van der Waals surface area contributed by atoms with Gasteiger partial charge in [-0.3, -0.25) is 0 Å². The topological polar surface area (TPSA) is 156 Å². The molecule has 0 spiro atoms. The number of nitrogens with zero attached hydrogens (tertiary/aromatic N) is 1. The zero-order chi connectivity index (χ0) is 8.08. The third kappa shape index (κ3) is 2730. The van der Waals surface area contributed by atoms with Gasteiger partial charge in [0.1, 0.15) is 0 Å². The average Bonchev–Trinajstić information content (AvgIpc) is 1.19. The smallest absolute Gasteiger partial charge is 0.861 e. The minimum Gasteiger partial charge on any atom is -0.861 e. The number of hydrogen-bond donors (Lipinski definition) is 1. The third-order valence-electron chi connectivity index (χ3n) is 0. The van der Waals surface area contributed by atoms with Gasteiger partial charge in [0.2, 0.25) is 0 Å². The standard InChI is InChI=1S/Ag.Al.NO3.HO4Si/c;;2-1(3)4;1-5(2,3)4/h;;;1H/q+1;+3;-1;-3. The maximum Gasteiger partial charge on any atom is 3.00 e. The Morgan fingerprint density at radius 3 is 1.18 bits per heavy atom. The molecule has 0 atom stereocenters. The predicted molar refractivity (Wildman–Crippen MR) is 24.1 cm³/mol. The summed E-state index contributed by atoms with van der Waals surface area (Å²) in [5, 5.41) is 14.8. The van der Waals surface area contributed by atoms with Crippen molar-refractivity contribution < 1.29 is 46.6 Å². The van der Waals surface area contributed by atoms with Gasteiger partial charge >= 0.3 is 39.7 Å². The molecule has 0 aliphatic rings. The number of hydrogen-bond acceptors (Lipinski definition) is 7. The van der Waals surface area contributed by atoms with Gasteiger partial charge in [0, 0.05) is 0 Å². The summed E-state index contributed by atoms with van der Waals surface area (Å²) in [5.74, 6) is 0. The van der Waals surface area contributed by atoms with E-state index in [-0.39, 0.29) is 39.7 Å². The first-order chi connectivity index (χ1) is 3.73. The SMILES string of the molecule is O=[N+]([O-])[O-].[Ag+].[Al+3].[O-][Si]([O-])([O-])O. The summed E-state index contributed by atoms with van der Waals surface area (Å²) in [4.78, 5) is 41.3. The van der Waals surface area contributed by atoms with Crippen molar-refractivity contribution in [3.63, 3.8) is 0 Å². The Hall–Kier alpha value is 0.530. The molecule has 66 valence electrons. The molecule has 11 heavy (non-hydrogen) atoms. The minimum absolute atomic E-state index is 0. The first kappa shape index (κ1) is 22.5.